The van der Waals surface area contributed by atoms with Crippen LogP contribution in [0.5, 0.6) is 0 Å². The standard InChI is InChI=1S/C27H35N3O6.C25H33N3O5/c1-18(31)35-15-12-22-25(33)29(13-14-30(22)26(34)36-27(2,3)4)23(24(32)28-5)17-19-10-11-20-8-6-7-9-21(20)16-19;1-25(2,3)33-24(32)28-13-12-27(23(31)20(28)11-14-29)21(22(30)26-4)16-17-9-10-18-7-5-6-8-19(18)15-17/h6-11,16,22-23H,12-15,17H2,1-5H3,(H,28,32);5-10,15,20-21,29H,11-14,16H2,1-4H3,(H,26,30). The van der Waals surface area contributed by atoms with Gasteiger partial charge in [-0.2, -0.15) is 0 Å². The molecule has 0 aromatic heterocycles. The van der Waals surface area contributed by atoms with Crippen molar-refractivity contribution in [2.24, 2.45) is 0 Å². The number of piperazine rings is 2. The van der Waals surface area contributed by atoms with E-state index in [4.69, 9.17) is 14.2 Å². The number of nitrogens with zero attached hydrogens (tertiary/aromatic N) is 4. The maximum atomic E-state index is 13.7. The Bertz CT molecular complexity index is 2480. The van der Waals surface area contributed by atoms with Crippen molar-refractivity contribution >= 4 is 63.3 Å². The van der Waals surface area contributed by atoms with E-state index in [0.29, 0.717) is 12.8 Å². The number of amides is 6. The van der Waals surface area contributed by atoms with Crippen LogP contribution in [0.2, 0.25) is 0 Å². The van der Waals surface area contributed by atoms with Crippen molar-refractivity contribution in [2.75, 3.05) is 53.5 Å². The number of likely N-dealkylation sites (N-methyl/N-ethyl adjacent to an activating group) is 2. The number of fused-ring (bicyclic) bond motifs is 2. The minimum Gasteiger partial charge on any atom is -0.466 e. The molecule has 2 heterocycles. The highest BCUT2D eigenvalue weighted by molar-refractivity contribution is 5.94. The van der Waals surface area contributed by atoms with E-state index in [1.54, 1.807) is 48.6 Å². The van der Waals surface area contributed by atoms with E-state index in [9.17, 15) is 38.7 Å². The molecule has 2 aliphatic heterocycles. The Hall–Kier alpha value is -6.75. The van der Waals surface area contributed by atoms with Crippen LogP contribution in [0.15, 0.2) is 84.9 Å². The minimum absolute atomic E-state index is 0.0335. The second-order valence-electron chi connectivity index (χ2n) is 19.1. The summed E-state index contributed by atoms with van der Waals surface area (Å²) in [5.74, 6) is -1.78. The van der Waals surface area contributed by atoms with Gasteiger partial charge in [-0.05, 0) is 74.2 Å². The van der Waals surface area contributed by atoms with E-state index in [2.05, 4.69) is 10.6 Å². The molecule has 2 saturated heterocycles. The maximum absolute atomic E-state index is 13.7. The summed E-state index contributed by atoms with van der Waals surface area (Å²) in [5, 5.41) is 19.2. The molecule has 0 radical (unpaired) electrons. The van der Waals surface area contributed by atoms with Crippen LogP contribution in [0.4, 0.5) is 9.59 Å². The third-order valence-electron chi connectivity index (χ3n) is 11.7. The second kappa shape index (κ2) is 23.5. The van der Waals surface area contributed by atoms with E-state index in [1.807, 2.05) is 84.9 Å². The fourth-order valence-corrected chi connectivity index (χ4v) is 8.50. The van der Waals surface area contributed by atoms with Gasteiger partial charge in [0, 0.05) is 79.5 Å². The number of esters is 1. The summed E-state index contributed by atoms with van der Waals surface area (Å²) >= 11 is 0. The molecule has 0 spiro atoms. The van der Waals surface area contributed by atoms with Crippen LogP contribution < -0.4 is 10.6 Å². The van der Waals surface area contributed by atoms with Crippen LogP contribution in [-0.4, -0.2) is 155 Å². The SMILES string of the molecule is CNC(=O)C(Cc1ccc2ccccc2c1)N1CCN(C(=O)OC(C)(C)C)C(CCO)C1=O.CNC(=O)C(Cc1ccc2ccccc2c1)N1CCN(C(=O)OC(C)(C)C)C(CCOC(C)=O)C1=O. The number of hydrogen-bond donors (Lipinski definition) is 3. The highest BCUT2D eigenvalue weighted by Crippen LogP contribution is 2.26. The lowest BCUT2D eigenvalue weighted by Gasteiger charge is -2.43. The van der Waals surface area contributed by atoms with Gasteiger partial charge in [0.25, 0.3) is 0 Å². The third kappa shape index (κ3) is 14.4. The fourth-order valence-electron chi connectivity index (χ4n) is 8.50. The first-order valence-electron chi connectivity index (χ1n) is 23.4. The van der Waals surface area contributed by atoms with Crippen molar-refractivity contribution in [3.63, 3.8) is 0 Å². The number of benzene rings is 4. The van der Waals surface area contributed by atoms with E-state index in [0.717, 1.165) is 32.7 Å². The first kappa shape index (κ1) is 53.2. The first-order valence-corrected chi connectivity index (χ1v) is 23.4. The molecule has 3 N–H and O–H groups in total. The predicted octanol–water partition coefficient (Wildman–Crippen LogP) is 5.23. The van der Waals surface area contributed by atoms with Crippen molar-refractivity contribution < 1.29 is 52.9 Å². The number of nitrogens with one attached hydrogen (secondary N) is 2. The zero-order chi connectivity index (χ0) is 50.6. The molecule has 4 atom stereocenters. The van der Waals surface area contributed by atoms with Crippen molar-refractivity contribution in [3.05, 3.63) is 96.1 Å². The largest absolute Gasteiger partial charge is 0.466 e. The molecule has 69 heavy (non-hydrogen) atoms. The monoisotopic (exact) mass is 952 g/mol. The number of carbonyl (C=O) groups excluding carboxylic acids is 7. The van der Waals surface area contributed by atoms with E-state index in [1.165, 1.54) is 33.6 Å². The summed E-state index contributed by atoms with van der Waals surface area (Å²) in [6.07, 6.45) is -0.377. The molecule has 17 nitrogen and oxygen atoms in total. The normalized spacial score (nSPS) is 17.4. The number of carbonyl (C=O) groups is 7. The molecule has 4 unspecified atom stereocenters. The Balaban J connectivity index is 0.000000258. The topological polar surface area (TPSA) is 204 Å². The fraction of sp³-hybridized carbons (Fsp3) is 0.481. The number of aliphatic hydroxyl groups is 1. The molecule has 0 saturated carbocycles. The second-order valence-corrected chi connectivity index (χ2v) is 19.1. The molecule has 17 heteroatoms. The summed E-state index contributed by atoms with van der Waals surface area (Å²) in [6.45, 7) is 12.3. The number of hydrogen-bond acceptors (Lipinski definition) is 11. The molecular weight excluding hydrogens is 885 g/mol. The van der Waals surface area contributed by atoms with Gasteiger partial charge in [0.05, 0.1) is 6.61 Å². The van der Waals surface area contributed by atoms with Crippen molar-refractivity contribution in [2.45, 2.75) is 110 Å². The highest BCUT2D eigenvalue weighted by atomic mass is 16.6. The van der Waals surface area contributed by atoms with Gasteiger partial charge in [0.1, 0.15) is 35.4 Å². The summed E-state index contributed by atoms with van der Waals surface area (Å²) in [6, 6.07) is 24.6. The number of ether oxygens (including phenoxy) is 3. The average molecular weight is 953 g/mol. The van der Waals surface area contributed by atoms with Gasteiger partial charge in [-0.25, -0.2) is 9.59 Å². The van der Waals surface area contributed by atoms with Crippen molar-refractivity contribution in [1.29, 1.82) is 0 Å². The summed E-state index contributed by atoms with van der Waals surface area (Å²) in [7, 11) is 3.08. The van der Waals surface area contributed by atoms with Gasteiger partial charge in [0.2, 0.25) is 23.6 Å². The molecule has 2 aliphatic rings. The Kier molecular flexibility index (Phi) is 18.1. The summed E-state index contributed by atoms with van der Waals surface area (Å²) in [4.78, 5) is 95.6. The van der Waals surface area contributed by atoms with Crippen LogP contribution in [-0.2, 0) is 51.0 Å². The van der Waals surface area contributed by atoms with Crippen LogP contribution in [0.1, 0.15) is 72.4 Å². The Labute approximate surface area is 404 Å². The Morgan fingerprint density at radius 3 is 1.36 bits per heavy atom. The molecule has 372 valence electrons. The third-order valence-corrected chi connectivity index (χ3v) is 11.7. The van der Waals surface area contributed by atoms with Crippen LogP contribution in [0, 0.1) is 0 Å². The molecule has 2 fully saturated rings. The van der Waals surface area contributed by atoms with Crippen LogP contribution in [0.25, 0.3) is 21.5 Å². The lowest BCUT2D eigenvalue weighted by Crippen LogP contribution is -2.64. The minimum atomic E-state index is -0.920. The molecule has 6 amide bonds. The lowest BCUT2D eigenvalue weighted by molar-refractivity contribution is -0.151. The highest BCUT2D eigenvalue weighted by Gasteiger charge is 2.44. The van der Waals surface area contributed by atoms with Gasteiger partial charge < -0.3 is 39.8 Å². The van der Waals surface area contributed by atoms with E-state index >= 15 is 0 Å². The molecule has 0 bridgehead atoms. The zero-order valence-corrected chi connectivity index (χ0v) is 41.3. The van der Waals surface area contributed by atoms with Crippen molar-refractivity contribution in [3.8, 4) is 0 Å². The molecular formula is C52H68N6O11. The van der Waals surface area contributed by atoms with Gasteiger partial charge in [-0.3, -0.25) is 33.8 Å². The van der Waals surface area contributed by atoms with Gasteiger partial charge in [0.15, 0.2) is 0 Å². The molecule has 0 aliphatic carbocycles. The van der Waals surface area contributed by atoms with Crippen LogP contribution >= 0.6 is 0 Å². The van der Waals surface area contributed by atoms with Crippen molar-refractivity contribution in [1.82, 2.24) is 30.2 Å². The summed E-state index contributed by atoms with van der Waals surface area (Å²) in [5.41, 5.74) is 0.407. The zero-order valence-electron chi connectivity index (χ0n) is 41.3. The van der Waals surface area contributed by atoms with E-state index < -0.39 is 53.5 Å². The van der Waals surface area contributed by atoms with Gasteiger partial charge in [-0.15, -0.1) is 0 Å². The van der Waals surface area contributed by atoms with Crippen LogP contribution in [0.3, 0.4) is 0 Å². The Morgan fingerprint density at radius 1 is 0.609 bits per heavy atom. The van der Waals surface area contributed by atoms with E-state index in [-0.39, 0.29) is 75.9 Å². The average Bonchev–Trinajstić information content (AvgIpc) is 3.29. The van der Waals surface area contributed by atoms with Gasteiger partial charge in [-0.1, -0.05) is 84.9 Å². The predicted molar refractivity (Wildman–Crippen MR) is 261 cm³/mol. The van der Waals surface area contributed by atoms with Gasteiger partial charge >= 0.3 is 18.2 Å². The Morgan fingerprint density at radius 2 is 1.00 bits per heavy atom. The summed E-state index contributed by atoms with van der Waals surface area (Å²) < 4.78 is 16.0. The lowest BCUT2D eigenvalue weighted by atomic mass is 9.98. The number of rotatable bonds is 13. The molecule has 4 aromatic rings. The molecule has 4 aromatic carbocycles. The number of aliphatic hydroxyl groups excluding tert-OH is 1. The first-order chi connectivity index (χ1) is 32.6. The maximum Gasteiger partial charge on any atom is 0.411 e. The molecule has 6 rings (SSSR count). The quantitative estimate of drug-likeness (QED) is 0.117. The smallest absolute Gasteiger partial charge is 0.411 e.